The number of rotatable bonds is 5. The van der Waals surface area contributed by atoms with Crippen molar-refractivity contribution in [3.05, 3.63) is 24.4 Å². The third-order valence-electron chi connectivity index (χ3n) is 1.72. The number of hydrogen-bond donors (Lipinski definition) is 1. The molecule has 0 spiro atoms. The predicted octanol–water partition coefficient (Wildman–Crippen LogP) is 0.00190. The molecule has 0 saturated carbocycles. The van der Waals surface area contributed by atoms with E-state index in [-0.39, 0.29) is 6.61 Å². The van der Waals surface area contributed by atoms with E-state index in [0.717, 1.165) is 0 Å². The lowest BCUT2D eigenvalue weighted by Crippen LogP contribution is -2.08. The van der Waals surface area contributed by atoms with Crippen molar-refractivity contribution in [2.45, 2.75) is 6.61 Å². The van der Waals surface area contributed by atoms with Crippen molar-refractivity contribution < 1.29 is 9.26 Å². The van der Waals surface area contributed by atoms with Gasteiger partial charge in [0.15, 0.2) is 0 Å². The van der Waals surface area contributed by atoms with Gasteiger partial charge in [-0.15, -0.1) is 0 Å². The van der Waals surface area contributed by atoms with Crippen LogP contribution in [-0.4, -0.2) is 33.3 Å². The average Bonchev–Trinajstić information content (AvgIpc) is 2.79. The molecule has 0 atom stereocenters. The second-order valence-corrected chi connectivity index (χ2v) is 2.93. The third-order valence-corrected chi connectivity index (χ3v) is 1.72. The van der Waals surface area contributed by atoms with E-state index in [2.05, 4.69) is 20.1 Å². The van der Waals surface area contributed by atoms with Gasteiger partial charge in [0.1, 0.15) is 6.61 Å². The normalized spacial score (nSPS) is 10.6. The third kappa shape index (κ3) is 2.59. The van der Waals surface area contributed by atoms with Gasteiger partial charge in [-0.05, 0) is 6.07 Å². The fourth-order valence-corrected chi connectivity index (χ4v) is 1.06. The van der Waals surface area contributed by atoms with E-state index in [9.17, 15) is 0 Å². The Hall–Kier alpha value is -1.86. The number of aromatic nitrogens is 4. The molecule has 0 aliphatic carbocycles. The molecule has 2 aromatic rings. The molecule has 0 aliphatic rings. The van der Waals surface area contributed by atoms with Crippen molar-refractivity contribution in [2.75, 3.05) is 13.2 Å². The molecule has 2 aromatic heterocycles. The molecule has 2 rings (SSSR count). The Bertz CT molecular complexity index is 430. The van der Waals surface area contributed by atoms with Gasteiger partial charge in [-0.2, -0.15) is 4.98 Å². The second-order valence-electron chi connectivity index (χ2n) is 2.93. The van der Waals surface area contributed by atoms with Gasteiger partial charge in [-0.25, -0.2) is 9.97 Å². The van der Waals surface area contributed by atoms with E-state index in [1.807, 2.05) is 0 Å². The fourth-order valence-electron chi connectivity index (χ4n) is 1.06. The van der Waals surface area contributed by atoms with Crippen molar-refractivity contribution in [1.29, 1.82) is 0 Å². The van der Waals surface area contributed by atoms with Crippen molar-refractivity contribution in [3.8, 4) is 11.6 Å². The van der Waals surface area contributed by atoms with Gasteiger partial charge in [0.2, 0.25) is 11.6 Å². The van der Waals surface area contributed by atoms with Crippen LogP contribution in [0.3, 0.4) is 0 Å². The van der Waals surface area contributed by atoms with Gasteiger partial charge >= 0.3 is 0 Å². The molecule has 0 bridgehead atoms. The zero-order chi connectivity index (χ0) is 11.2. The summed E-state index contributed by atoms with van der Waals surface area (Å²) < 4.78 is 10.1. The minimum Gasteiger partial charge on any atom is -0.370 e. The van der Waals surface area contributed by atoms with Crippen LogP contribution in [0.5, 0.6) is 0 Å². The molecule has 7 heteroatoms. The van der Waals surface area contributed by atoms with Crippen LogP contribution in [0, 0.1) is 0 Å². The van der Waals surface area contributed by atoms with Gasteiger partial charge in [0.05, 0.1) is 6.61 Å². The Morgan fingerprint density at radius 1 is 1.25 bits per heavy atom. The zero-order valence-electron chi connectivity index (χ0n) is 8.54. The van der Waals surface area contributed by atoms with E-state index < -0.39 is 0 Å². The molecule has 0 saturated heterocycles. The van der Waals surface area contributed by atoms with Crippen molar-refractivity contribution in [3.63, 3.8) is 0 Å². The molecule has 0 aliphatic heterocycles. The number of ether oxygens (including phenoxy) is 1. The Morgan fingerprint density at radius 3 is 2.81 bits per heavy atom. The Labute approximate surface area is 91.7 Å². The lowest BCUT2D eigenvalue weighted by atomic mass is 10.5. The van der Waals surface area contributed by atoms with Crippen LogP contribution in [0.2, 0.25) is 0 Å². The van der Waals surface area contributed by atoms with E-state index in [1.165, 1.54) is 0 Å². The smallest absolute Gasteiger partial charge is 0.253 e. The Balaban J connectivity index is 2.02. The zero-order valence-corrected chi connectivity index (χ0v) is 8.54. The molecule has 0 aromatic carbocycles. The molecule has 84 valence electrons. The molecule has 2 N–H and O–H groups in total. The maximum Gasteiger partial charge on any atom is 0.253 e. The minimum atomic E-state index is 0.247. The summed E-state index contributed by atoms with van der Waals surface area (Å²) in [6, 6.07) is 1.72. The van der Waals surface area contributed by atoms with Crippen molar-refractivity contribution >= 4 is 0 Å². The predicted molar refractivity (Wildman–Crippen MR) is 54.0 cm³/mol. The van der Waals surface area contributed by atoms with Crippen LogP contribution >= 0.6 is 0 Å². The Morgan fingerprint density at radius 2 is 2.06 bits per heavy atom. The summed E-state index contributed by atoms with van der Waals surface area (Å²) in [6.07, 6.45) is 3.23. The molecule has 0 unspecified atom stereocenters. The lowest BCUT2D eigenvalue weighted by molar-refractivity contribution is 0.104. The van der Waals surface area contributed by atoms with E-state index >= 15 is 0 Å². The number of nitrogens with zero attached hydrogens (tertiary/aromatic N) is 4. The summed E-state index contributed by atoms with van der Waals surface area (Å²) in [6.45, 7) is 1.17. The van der Waals surface area contributed by atoms with Crippen LogP contribution in [0.1, 0.15) is 5.89 Å². The summed E-state index contributed by atoms with van der Waals surface area (Å²) in [4.78, 5) is 12.1. The first-order valence-corrected chi connectivity index (χ1v) is 4.78. The molecule has 2 heterocycles. The van der Waals surface area contributed by atoms with Crippen molar-refractivity contribution in [2.24, 2.45) is 5.73 Å². The summed E-state index contributed by atoms with van der Waals surface area (Å²) >= 11 is 0. The molecular weight excluding hydrogens is 210 g/mol. The minimum absolute atomic E-state index is 0.247. The number of nitrogens with two attached hydrogens (primary N) is 1. The van der Waals surface area contributed by atoms with Gasteiger partial charge in [-0.3, -0.25) is 0 Å². The average molecular weight is 221 g/mol. The summed E-state index contributed by atoms with van der Waals surface area (Å²) in [5.74, 6) is 1.17. The molecule has 0 amide bonds. The summed E-state index contributed by atoms with van der Waals surface area (Å²) in [5, 5.41) is 3.74. The fraction of sp³-hybridized carbons (Fsp3) is 0.333. The van der Waals surface area contributed by atoms with E-state index in [0.29, 0.717) is 30.7 Å². The van der Waals surface area contributed by atoms with Crippen LogP contribution < -0.4 is 5.73 Å². The van der Waals surface area contributed by atoms with E-state index in [4.69, 9.17) is 15.0 Å². The van der Waals surface area contributed by atoms with Gasteiger partial charge in [-0.1, -0.05) is 5.16 Å². The highest BCUT2D eigenvalue weighted by atomic mass is 16.5. The molecule has 0 fully saturated rings. The first-order chi connectivity index (χ1) is 7.90. The molecular formula is C9H11N5O2. The monoisotopic (exact) mass is 221 g/mol. The Kier molecular flexibility index (Phi) is 3.52. The highest BCUT2D eigenvalue weighted by molar-refractivity contribution is 5.40. The van der Waals surface area contributed by atoms with Crippen LogP contribution in [-0.2, 0) is 11.3 Å². The topological polar surface area (TPSA) is 100.0 Å². The molecule has 16 heavy (non-hydrogen) atoms. The maximum absolute atomic E-state index is 5.28. The summed E-state index contributed by atoms with van der Waals surface area (Å²) in [7, 11) is 0. The first-order valence-electron chi connectivity index (χ1n) is 4.78. The first kappa shape index (κ1) is 10.7. The maximum atomic E-state index is 5.28. The van der Waals surface area contributed by atoms with Gasteiger partial charge < -0.3 is 15.0 Å². The van der Waals surface area contributed by atoms with Crippen molar-refractivity contribution in [1.82, 2.24) is 20.1 Å². The number of hydrogen-bond acceptors (Lipinski definition) is 7. The standard InChI is InChI=1S/C9H11N5O2/c10-2-5-15-6-7-13-9(14-16-7)8-11-3-1-4-12-8/h1,3-4H,2,5-6,10H2. The van der Waals surface area contributed by atoms with Gasteiger partial charge in [0.25, 0.3) is 5.89 Å². The highest BCUT2D eigenvalue weighted by Crippen LogP contribution is 2.09. The van der Waals surface area contributed by atoms with Crippen LogP contribution in [0.25, 0.3) is 11.6 Å². The molecule has 0 radical (unpaired) electrons. The quantitative estimate of drug-likeness (QED) is 0.709. The summed E-state index contributed by atoms with van der Waals surface area (Å²) in [5.41, 5.74) is 5.28. The largest absolute Gasteiger partial charge is 0.370 e. The van der Waals surface area contributed by atoms with Crippen LogP contribution in [0.4, 0.5) is 0 Å². The van der Waals surface area contributed by atoms with Crippen LogP contribution in [0.15, 0.2) is 23.0 Å². The SMILES string of the molecule is NCCOCc1nc(-c2ncccn2)no1. The molecule has 7 nitrogen and oxygen atoms in total. The second kappa shape index (κ2) is 5.29. The van der Waals surface area contributed by atoms with E-state index in [1.54, 1.807) is 18.5 Å². The van der Waals surface area contributed by atoms with Gasteiger partial charge in [0, 0.05) is 18.9 Å². The lowest BCUT2D eigenvalue weighted by Gasteiger charge is -1.95. The highest BCUT2D eigenvalue weighted by Gasteiger charge is 2.10.